The molecule has 1 amide bonds. The molecule has 1 heterocycles. The van der Waals surface area contributed by atoms with Crippen LogP contribution in [0.15, 0.2) is 72.8 Å². The minimum absolute atomic E-state index is 0.100. The van der Waals surface area contributed by atoms with Crippen LogP contribution in [-0.4, -0.2) is 41.0 Å². The topological polar surface area (TPSA) is 78.3 Å². The van der Waals surface area contributed by atoms with Crippen LogP contribution in [0.1, 0.15) is 21.5 Å². The van der Waals surface area contributed by atoms with Gasteiger partial charge in [0.1, 0.15) is 6.61 Å². The van der Waals surface area contributed by atoms with E-state index in [4.69, 9.17) is 9.47 Å². The molecule has 0 saturated carbocycles. The SMILES string of the molecule is COCCOc1nc(-c2ccc(C)cc2)n(-c2cccc(NC(=O)c3ccc(C(F)(F)F)cc3)c2)n1. The molecule has 10 heteroatoms. The van der Waals surface area contributed by atoms with Crippen LogP contribution < -0.4 is 10.1 Å². The van der Waals surface area contributed by atoms with Gasteiger partial charge in [-0.15, -0.1) is 5.10 Å². The smallest absolute Gasteiger partial charge is 0.416 e. The summed E-state index contributed by atoms with van der Waals surface area (Å²) in [6, 6.07) is 18.8. The number of rotatable bonds is 8. The molecule has 4 rings (SSSR count). The molecule has 0 saturated heterocycles. The molecule has 0 atom stereocenters. The van der Waals surface area contributed by atoms with Crippen molar-refractivity contribution in [2.75, 3.05) is 25.6 Å². The van der Waals surface area contributed by atoms with Crippen molar-refractivity contribution in [3.8, 4) is 23.1 Å². The summed E-state index contributed by atoms with van der Waals surface area (Å²) in [4.78, 5) is 17.2. The highest BCUT2D eigenvalue weighted by Crippen LogP contribution is 2.29. The molecule has 3 aromatic carbocycles. The second-order valence-corrected chi connectivity index (χ2v) is 7.92. The molecule has 0 radical (unpaired) electrons. The summed E-state index contributed by atoms with van der Waals surface area (Å²) in [5.74, 6) is -0.00422. The highest BCUT2D eigenvalue weighted by Gasteiger charge is 2.30. The van der Waals surface area contributed by atoms with Gasteiger partial charge in [-0.25, -0.2) is 4.68 Å². The highest BCUT2D eigenvalue weighted by atomic mass is 19.4. The van der Waals surface area contributed by atoms with E-state index in [9.17, 15) is 18.0 Å². The van der Waals surface area contributed by atoms with Crippen LogP contribution in [0.5, 0.6) is 6.01 Å². The van der Waals surface area contributed by atoms with Crippen molar-refractivity contribution in [1.29, 1.82) is 0 Å². The summed E-state index contributed by atoms with van der Waals surface area (Å²) in [7, 11) is 1.57. The average molecular weight is 496 g/mol. The van der Waals surface area contributed by atoms with E-state index in [1.807, 2.05) is 31.2 Å². The van der Waals surface area contributed by atoms with Crippen molar-refractivity contribution >= 4 is 11.6 Å². The van der Waals surface area contributed by atoms with Crippen LogP contribution in [0.4, 0.5) is 18.9 Å². The van der Waals surface area contributed by atoms with Gasteiger partial charge in [0.25, 0.3) is 5.91 Å². The number of anilines is 1. The molecule has 7 nitrogen and oxygen atoms in total. The lowest BCUT2D eigenvalue weighted by Gasteiger charge is -2.10. The quantitative estimate of drug-likeness (QED) is 0.324. The van der Waals surface area contributed by atoms with E-state index in [-0.39, 0.29) is 18.2 Å². The number of carbonyl (C=O) groups is 1. The summed E-state index contributed by atoms with van der Waals surface area (Å²) in [5.41, 5.74) is 2.22. The number of alkyl halides is 3. The number of nitrogens with zero attached hydrogens (tertiary/aromatic N) is 3. The van der Waals surface area contributed by atoms with Gasteiger partial charge in [0.05, 0.1) is 17.9 Å². The molecule has 186 valence electrons. The normalized spacial score (nSPS) is 11.4. The van der Waals surface area contributed by atoms with E-state index in [0.717, 1.165) is 35.4 Å². The molecule has 0 unspecified atom stereocenters. The number of hydrogen-bond acceptors (Lipinski definition) is 5. The lowest BCUT2D eigenvalue weighted by atomic mass is 10.1. The number of aromatic nitrogens is 3. The fourth-order valence-corrected chi connectivity index (χ4v) is 3.37. The van der Waals surface area contributed by atoms with Crippen molar-refractivity contribution in [3.05, 3.63) is 89.5 Å². The number of nitrogens with one attached hydrogen (secondary N) is 1. The molecule has 4 aromatic rings. The summed E-state index contributed by atoms with van der Waals surface area (Å²) in [6.07, 6.45) is -4.47. The number of hydrogen-bond donors (Lipinski definition) is 1. The fraction of sp³-hybridized carbons (Fsp3) is 0.192. The molecule has 0 spiro atoms. The Hall–Kier alpha value is -4.18. The van der Waals surface area contributed by atoms with Gasteiger partial charge < -0.3 is 14.8 Å². The second-order valence-electron chi connectivity index (χ2n) is 7.92. The van der Waals surface area contributed by atoms with Gasteiger partial charge in [0.15, 0.2) is 5.82 Å². The van der Waals surface area contributed by atoms with Gasteiger partial charge >= 0.3 is 12.2 Å². The van der Waals surface area contributed by atoms with Crippen LogP contribution in [0.2, 0.25) is 0 Å². The first kappa shape index (κ1) is 24.9. The standard InChI is InChI=1S/C26H23F3N4O3/c1-17-6-8-18(9-7-17)23-31-25(36-15-14-35-2)32-33(23)22-5-3-4-21(16-22)30-24(34)19-10-12-20(13-11-19)26(27,28)29/h3-13,16H,14-15H2,1-2H3,(H,30,34). The molecule has 0 fully saturated rings. The van der Waals surface area contributed by atoms with Gasteiger partial charge in [-0.1, -0.05) is 35.9 Å². The van der Waals surface area contributed by atoms with E-state index < -0.39 is 17.6 Å². The molecule has 1 N–H and O–H groups in total. The maximum absolute atomic E-state index is 12.8. The first-order valence-corrected chi connectivity index (χ1v) is 11.0. The molecular weight excluding hydrogens is 473 g/mol. The minimum atomic E-state index is -4.47. The van der Waals surface area contributed by atoms with Gasteiger partial charge in [-0.2, -0.15) is 18.2 Å². The van der Waals surface area contributed by atoms with Crippen LogP contribution in [0, 0.1) is 6.92 Å². The summed E-state index contributed by atoms with van der Waals surface area (Å²) in [6.45, 7) is 2.63. The predicted molar refractivity (Wildman–Crippen MR) is 128 cm³/mol. The maximum atomic E-state index is 12.8. The molecule has 0 aliphatic heterocycles. The molecule has 0 bridgehead atoms. The Kier molecular flexibility index (Phi) is 7.35. The third-order valence-electron chi connectivity index (χ3n) is 5.24. The molecular formula is C26H23F3N4O3. The zero-order valence-corrected chi connectivity index (χ0v) is 19.5. The van der Waals surface area contributed by atoms with Crippen LogP contribution in [0.25, 0.3) is 17.1 Å². The van der Waals surface area contributed by atoms with Gasteiger partial charge in [-0.05, 0) is 49.4 Å². The first-order chi connectivity index (χ1) is 17.2. The van der Waals surface area contributed by atoms with E-state index in [0.29, 0.717) is 23.8 Å². The van der Waals surface area contributed by atoms with Gasteiger partial charge in [0, 0.05) is 23.9 Å². The Labute approximate surface area is 205 Å². The van der Waals surface area contributed by atoms with Crippen molar-refractivity contribution < 1.29 is 27.4 Å². The fourth-order valence-electron chi connectivity index (χ4n) is 3.37. The first-order valence-electron chi connectivity index (χ1n) is 11.0. The van der Waals surface area contributed by atoms with Crippen molar-refractivity contribution in [2.45, 2.75) is 13.1 Å². The minimum Gasteiger partial charge on any atom is -0.460 e. The lowest BCUT2D eigenvalue weighted by molar-refractivity contribution is -0.137. The van der Waals surface area contributed by atoms with E-state index in [1.165, 1.54) is 0 Å². The van der Waals surface area contributed by atoms with Crippen LogP contribution >= 0.6 is 0 Å². The molecule has 1 aromatic heterocycles. The van der Waals surface area contributed by atoms with Crippen LogP contribution in [-0.2, 0) is 10.9 Å². The van der Waals surface area contributed by atoms with E-state index in [2.05, 4.69) is 15.4 Å². The van der Waals surface area contributed by atoms with Gasteiger partial charge in [-0.3, -0.25) is 4.79 Å². The zero-order chi connectivity index (χ0) is 25.7. The summed E-state index contributed by atoms with van der Waals surface area (Å²) < 4.78 is 50.6. The third-order valence-corrected chi connectivity index (χ3v) is 5.24. The highest BCUT2D eigenvalue weighted by molar-refractivity contribution is 6.04. The predicted octanol–water partition coefficient (Wildman–Crippen LogP) is 5.54. The van der Waals surface area contributed by atoms with Crippen molar-refractivity contribution in [3.63, 3.8) is 0 Å². The third kappa shape index (κ3) is 5.89. The zero-order valence-electron chi connectivity index (χ0n) is 19.5. The summed E-state index contributed by atoms with van der Waals surface area (Å²) >= 11 is 0. The number of benzene rings is 3. The monoisotopic (exact) mass is 496 g/mol. The number of methoxy groups -OCH3 is 1. The number of amides is 1. The Balaban J connectivity index is 1.61. The van der Waals surface area contributed by atoms with E-state index >= 15 is 0 Å². The number of ether oxygens (including phenoxy) is 2. The number of halogens is 3. The molecule has 36 heavy (non-hydrogen) atoms. The average Bonchev–Trinajstić information content (AvgIpc) is 3.28. The van der Waals surface area contributed by atoms with Gasteiger partial charge in [0.2, 0.25) is 0 Å². The molecule has 0 aliphatic carbocycles. The largest absolute Gasteiger partial charge is 0.460 e. The van der Waals surface area contributed by atoms with Crippen molar-refractivity contribution in [2.24, 2.45) is 0 Å². The number of carbonyl (C=O) groups excluding carboxylic acids is 1. The molecule has 0 aliphatic rings. The summed E-state index contributed by atoms with van der Waals surface area (Å²) in [5, 5.41) is 7.18. The van der Waals surface area contributed by atoms with Crippen LogP contribution in [0.3, 0.4) is 0 Å². The van der Waals surface area contributed by atoms with E-state index in [1.54, 1.807) is 36.1 Å². The Morgan fingerprint density at radius 2 is 1.72 bits per heavy atom. The van der Waals surface area contributed by atoms with Crippen molar-refractivity contribution in [1.82, 2.24) is 14.8 Å². The lowest BCUT2D eigenvalue weighted by Crippen LogP contribution is -2.13. The number of aryl methyl sites for hydroxylation is 1. The maximum Gasteiger partial charge on any atom is 0.416 e. The Morgan fingerprint density at radius 1 is 1.00 bits per heavy atom. The Bertz CT molecular complexity index is 1330. The Morgan fingerprint density at radius 3 is 2.39 bits per heavy atom. The second kappa shape index (κ2) is 10.6.